The van der Waals surface area contributed by atoms with Gasteiger partial charge < -0.3 is 26.2 Å². The summed E-state index contributed by atoms with van der Waals surface area (Å²) < 4.78 is 6.05. The largest absolute Gasteiger partial charge is 0.375 e. The van der Waals surface area contributed by atoms with Crippen LogP contribution in [0.5, 0.6) is 0 Å². The first-order valence-electron chi connectivity index (χ1n) is 15.6. The summed E-state index contributed by atoms with van der Waals surface area (Å²) in [6.45, 7) is 2.75. The lowest BCUT2D eigenvalue weighted by Gasteiger charge is -2.34. The van der Waals surface area contributed by atoms with E-state index in [0.717, 1.165) is 16.3 Å². The normalized spacial score (nSPS) is 17.1. The molecule has 0 aliphatic carbocycles. The van der Waals surface area contributed by atoms with Crippen LogP contribution < -0.4 is 27.1 Å². The Morgan fingerprint density at radius 1 is 1.00 bits per heavy atom. The zero-order valence-electron chi connectivity index (χ0n) is 27.5. The summed E-state index contributed by atoms with van der Waals surface area (Å²) in [7, 11) is 0. The average Bonchev–Trinajstić information content (AvgIpc) is 3.82. The van der Waals surface area contributed by atoms with Gasteiger partial charge in [-0.1, -0.05) is 57.5 Å². The van der Waals surface area contributed by atoms with Crippen LogP contribution in [0.25, 0.3) is 16.8 Å². The van der Waals surface area contributed by atoms with Gasteiger partial charge in [0.25, 0.3) is 29.5 Å². The van der Waals surface area contributed by atoms with Crippen molar-refractivity contribution in [2.75, 3.05) is 12.3 Å². The van der Waals surface area contributed by atoms with E-state index in [0.29, 0.717) is 10.0 Å². The first kappa shape index (κ1) is 35.6. The van der Waals surface area contributed by atoms with E-state index < -0.39 is 47.8 Å². The summed E-state index contributed by atoms with van der Waals surface area (Å²) >= 11 is 4.47. The molecule has 0 spiro atoms. The predicted molar refractivity (Wildman–Crippen MR) is 194 cm³/mol. The number of nitrogens with two attached hydrogens (primary N) is 1. The van der Waals surface area contributed by atoms with Gasteiger partial charge in [-0.3, -0.25) is 34.4 Å². The number of amides is 5. The van der Waals surface area contributed by atoms with Crippen LogP contribution >= 0.6 is 27.3 Å². The second-order valence-electron chi connectivity index (χ2n) is 11.4. The standard InChI is InChI=1S/C35H30BrN9O6S/c1-3-24(25-18-52-34(37)39-25)31(48)40-26-17-45(43-32(49)27-19(2)51-44-28(27)20-8-5-4-6-9-20)33(50)35(26,42-30(47)22-10-7-15-38-16-22)41-29(46)21-11-13-23(36)14-12-21/h3-16,18,26H,17H2,1-2H3,(H2,37,39)(H,40,48)(H,41,46)(H,42,47)(H,43,49). The van der Waals surface area contributed by atoms with E-state index in [1.165, 1.54) is 42.7 Å². The van der Waals surface area contributed by atoms with Crippen molar-refractivity contribution < 1.29 is 28.5 Å². The van der Waals surface area contributed by atoms with E-state index in [9.17, 15) is 24.0 Å². The number of pyridine rings is 1. The number of nitrogens with one attached hydrogen (secondary N) is 4. The molecule has 6 rings (SSSR count). The Kier molecular flexibility index (Phi) is 10.2. The lowest BCUT2D eigenvalue weighted by Crippen LogP contribution is -2.73. The highest BCUT2D eigenvalue weighted by molar-refractivity contribution is 9.10. The minimum atomic E-state index is -2.36. The number of nitrogens with zero attached hydrogens (tertiary/aromatic N) is 4. The van der Waals surface area contributed by atoms with Gasteiger partial charge in [0.15, 0.2) is 5.13 Å². The summed E-state index contributed by atoms with van der Waals surface area (Å²) in [6, 6.07) is 16.7. The monoisotopic (exact) mass is 783 g/mol. The van der Waals surface area contributed by atoms with Gasteiger partial charge in [-0.15, -0.1) is 11.3 Å². The predicted octanol–water partition coefficient (Wildman–Crippen LogP) is 3.48. The lowest BCUT2D eigenvalue weighted by molar-refractivity contribution is -0.136. The quantitative estimate of drug-likeness (QED) is 0.103. The number of benzene rings is 2. The Labute approximate surface area is 308 Å². The highest BCUT2D eigenvalue weighted by Crippen LogP contribution is 2.28. The third kappa shape index (κ3) is 7.17. The first-order chi connectivity index (χ1) is 25.0. The first-order valence-corrected chi connectivity index (χ1v) is 17.3. The zero-order chi connectivity index (χ0) is 37.0. The van der Waals surface area contributed by atoms with Gasteiger partial charge in [0.05, 0.1) is 23.4 Å². The van der Waals surface area contributed by atoms with Crippen molar-refractivity contribution >= 4 is 67.5 Å². The molecule has 3 aromatic heterocycles. The van der Waals surface area contributed by atoms with E-state index in [1.807, 2.05) is 0 Å². The molecule has 0 saturated carbocycles. The van der Waals surface area contributed by atoms with Crippen molar-refractivity contribution in [1.82, 2.24) is 41.5 Å². The number of anilines is 1. The Morgan fingerprint density at radius 3 is 2.35 bits per heavy atom. The Morgan fingerprint density at radius 2 is 1.71 bits per heavy atom. The molecule has 0 bridgehead atoms. The fourth-order valence-corrected chi connectivity index (χ4v) is 6.41. The number of nitrogen functional groups attached to an aromatic ring is 1. The van der Waals surface area contributed by atoms with Crippen LogP contribution in [0.2, 0.25) is 0 Å². The molecule has 2 unspecified atom stereocenters. The summed E-state index contributed by atoms with van der Waals surface area (Å²) in [6.07, 6.45) is 4.25. The van der Waals surface area contributed by atoms with Crippen molar-refractivity contribution in [2.24, 2.45) is 0 Å². The third-order valence-corrected chi connectivity index (χ3v) is 9.33. The molecule has 5 amide bonds. The fourth-order valence-electron chi connectivity index (χ4n) is 5.58. The fraction of sp³-hybridized carbons (Fsp3) is 0.143. The number of aryl methyl sites for hydroxylation is 1. The van der Waals surface area contributed by atoms with Crippen molar-refractivity contribution in [2.45, 2.75) is 25.6 Å². The van der Waals surface area contributed by atoms with E-state index >= 15 is 0 Å². The van der Waals surface area contributed by atoms with E-state index in [2.05, 4.69) is 52.4 Å². The minimum Gasteiger partial charge on any atom is -0.375 e. The summed E-state index contributed by atoms with van der Waals surface area (Å²) in [5, 5.41) is 14.9. The Bertz CT molecular complexity index is 2190. The number of hydrogen-bond donors (Lipinski definition) is 5. The number of carbonyl (C=O) groups is 5. The van der Waals surface area contributed by atoms with Crippen LogP contribution in [0.4, 0.5) is 5.13 Å². The maximum Gasteiger partial charge on any atom is 0.289 e. The minimum absolute atomic E-state index is 0.0488. The SMILES string of the molecule is CC=C(C(=O)NC1CN(NC(=O)c2c(-c3ccccc3)noc2C)C(=O)C1(NC(=O)c1ccc(Br)cc1)NC(=O)c1cccnc1)c1csc(N)n1. The van der Waals surface area contributed by atoms with Crippen LogP contribution in [-0.4, -0.2) is 67.9 Å². The van der Waals surface area contributed by atoms with Crippen LogP contribution in [0, 0.1) is 6.92 Å². The van der Waals surface area contributed by atoms with Gasteiger partial charge >= 0.3 is 0 Å². The number of allylic oxidation sites excluding steroid dienone is 1. The van der Waals surface area contributed by atoms with E-state index in [-0.39, 0.29) is 44.5 Å². The highest BCUT2D eigenvalue weighted by Gasteiger charge is 2.58. The molecule has 2 aromatic carbocycles. The van der Waals surface area contributed by atoms with Gasteiger partial charge in [-0.2, -0.15) is 0 Å². The molecule has 1 aliphatic rings. The zero-order valence-corrected chi connectivity index (χ0v) is 29.9. The number of hydrazine groups is 1. The van der Waals surface area contributed by atoms with Gasteiger partial charge in [0, 0.05) is 33.4 Å². The topological polar surface area (TPSA) is 215 Å². The number of halogens is 1. The number of aromatic nitrogens is 3. The molecular weight excluding hydrogens is 754 g/mol. The smallest absolute Gasteiger partial charge is 0.289 e. The third-order valence-electron chi connectivity index (χ3n) is 8.13. The van der Waals surface area contributed by atoms with Crippen molar-refractivity contribution in [3.05, 3.63) is 123 Å². The van der Waals surface area contributed by atoms with Crippen LogP contribution in [0.1, 0.15) is 49.5 Å². The van der Waals surface area contributed by atoms with Crippen LogP contribution in [-0.2, 0) is 9.59 Å². The van der Waals surface area contributed by atoms with Crippen molar-refractivity contribution in [1.29, 1.82) is 0 Å². The maximum absolute atomic E-state index is 14.7. The van der Waals surface area contributed by atoms with Crippen molar-refractivity contribution in [3.8, 4) is 11.3 Å². The Balaban J connectivity index is 1.41. The maximum atomic E-state index is 14.7. The molecule has 1 aliphatic heterocycles. The molecule has 1 fully saturated rings. The second-order valence-corrected chi connectivity index (χ2v) is 13.3. The molecule has 1 saturated heterocycles. The summed E-state index contributed by atoms with van der Waals surface area (Å²) in [4.78, 5) is 78.4. The number of carbonyl (C=O) groups excluding carboxylic acids is 5. The molecule has 52 heavy (non-hydrogen) atoms. The molecule has 5 aromatic rings. The van der Waals surface area contributed by atoms with E-state index in [4.69, 9.17) is 10.3 Å². The molecule has 15 nitrogen and oxygen atoms in total. The molecular formula is C35H30BrN9O6S. The lowest BCUT2D eigenvalue weighted by atomic mass is 10.00. The molecule has 4 heterocycles. The number of thiazole rings is 1. The average molecular weight is 785 g/mol. The highest BCUT2D eigenvalue weighted by atomic mass is 79.9. The number of hydrogen-bond acceptors (Lipinski definition) is 11. The summed E-state index contributed by atoms with van der Waals surface area (Å²) in [5.41, 5.74) is 7.50. The van der Waals surface area contributed by atoms with Crippen LogP contribution in [0.15, 0.2) is 99.6 Å². The van der Waals surface area contributed by atoms with Crippen molar-refractivity contribution in [3.63, 3.8) is 0 Å². The van der Waals surface area contributed by atoms with Gasteiger partial charge in [-0.05, 0) is 50.2 Å². The van der Waals surface area contributed by atoms with Gasteiger partial charge in [-0.25, -0.2) is 9.99 Å². The molecule has 6 N–H and O–H groups in total. The van der Waals surface area contributed by atoms with E-state index in [1.54, 1.807) is 61.7 Å². The number of rotatable bonds is 10. The molecule has 0 radical (unpaired) electrons. The molecule has 17 heteroatoms. The molecule has 264 valence electrons. The van der Waals surface area contributed by atoms with Crippen LogP contribution in [0.3, 0.4) is 0 Å². The van der Waals surface area contributed by atoms with Gasteiger partial charge in [0.2, 0.25) is 5.66 Å². The second kappa shape index (κ2) is 15.0. The molecule has 2 atom stereocenters. The van der Waals surface area contributed by atoms with Gasteiger partial charge in [0.1, 0.15) is 23.1 Å². The summed E-state index contributed by atoms with van der Waals surface area (Å²) in [5.74, 6) is -3.82. The Hall–Kier alpha value is -6.20.